The molecule has 1 aliphatic rings. The predicted molar refractivity (Wildman–Crippen MR) is 63.2 cm³/mol. The zero-order chi connectivity index (χ0) is 11.5. The van der Waals surface area contributed by atoms with Gasteiger partial charge >= 0.3 is 0 Å². The van der Waals surface area contributed by atoms with E-state index in [1.165, 1.54) is 0 Å². The molecular weight excluding hydrogens is 200 g/mol. The highest BCUT2D eigenvalue weighted by Gasteiger charge is 2.28. The second-order valence-electron chi connectivity index (χ2n) is 4.87. The van der Waals surface area contributed by atoms with Crippen LogP contribution in [0, 0.1) is 11.8 Å². The van der Waals surface area contributed by atoms with Crippen molar-refractivity contribution in [1.29, 1.82) is 0 Å². The molecule has 3 heteroatoms. The van der Waals surface area contributed by atoms with Crippen LogP contribution in [0.2, 0.25) is 0 Å². The van der Waals surface area contributed by atoms with Gasteiger partial charge in [-0.3, -0.25) is 9.69 Å². The van der Waals surface area contributed by atoms with Gasteiger partial charge in [0, 0.05) is 19.6 Å². The molecule has 0 aromatic carbocycles. The minimum Gasteiger partial charge on any atom is -0.297 e. The van der Waals surface area contributed by atoms with Crippen molar-refractivity contribution >= 4 is 6.29 Å². The van der Waals surface area contributed by atoms with Crippen molar-refractivity contribution in [2.24, 2.45) is 11.8 Å². The molecule has 0 saturated carbocycles. The van der Waals surface area contributed by atoms with E-state index in [4.69, 9.17) is 0 Å². The van der Waals surface area contributed by atoms with Gasteiger partial charge in [-0.15, -0.1) is 0 Å². The number of aldehydes is 1. The molecule has 16 heavy (non-hydrogen) atoms. The summed E-state index contributed by atoms with van der Waals surface area (Å²) in [6.45, 7) is 7.72. The lowest BCUT2D eigenvalue weighted by Gasteiger charge is -2.41. The highest BCUT2D eigenvalue weighted by atomic mass is 16.1. The normalized spacial score (nSPS) is 17.4. The Bertz CT molecular complexity index is 370. The highest BCUT2D eigenvalue weighted by molar-refractivity contribution is 5.71. The van der Waals surface area contributed by atoms with Crippen LogP contribution in [0.1, 0.15) is 30.0 Å². The van der Waals surface area contributed by atoms with Gasteiger partial charge in [0.1, 0.15) is 5.69 Å². The Morgan fingerprint density at radius 2 is 2.25 bits per heavy atom. The Morgan fingerprint density at radius 1 is 1.50 bits per heavy atom. The van der Waals surface area contributed by atoms with Crippen LogP contribution >= 0.6 is 0 Å². The van der Waals surface area contributed by atoms with E-state index in [-0.39, 0.29) is 0 Å². The number of nitrogens with zero attached hydrogens (tertiary/aromatic N) is 2. The Kier molecular flexibility index (Phi) is 3.34. The average molecular weight is 218 g/mol. The fourth-order valence-corrected chi connectivity index (χ4v) is 2.04. The van der Waals surface area contributed by atoms with Crippen LogP contribution in [0.3, 0.4) is 0 Å². The summed E-state index contributed by atoms with van der Waals surface area (Å²) in [4.78, 5) is 17.2. The summed E-state index contributed by atoms with van der Waals surface area (Å²) in [5.74, 6) is 1.60. The van der Waals surface area contributed by atoms with Crippen LogP contribution in [-0.2, 0) is 6.54 Å². The van der Waals surface area contributed by atoms with Crippen LogP contribution in [0.25, 0.3) is 0 Å². The maximum Gasteiger partial charge on any atom is 0.168 e. The molecule has 2 heterocycles. The number of aromatic nitrogens is 1. The van der Waals surface area contributed by atoms with Crippen LogP contribution in [0.4, 0.5) is 0 Å². The fraction of sp³-hybridized carbons (Fsp3) is 0.538. The van der Waals surface area contributed by atoms with Crippen LogP contribution in [-0.4, -0.2) is 29.3 Å². The minimum absolute atomic E-state index is 0.526. The van der Waals surface area contributed by atoms with E-state index in [1.54, 1.807) is 6.07 Å². The molecule has 0 aliphatic carbocycles. The summed E-state index contributed by atoms with van der Waals surface area (Å²) in [7, 11) is 0. The van der Waals surface area contributed by atoms with Gasteiger partial charge in [-0.05, 0) is 24.0 Å². The summed E-state index contributed by atoms with van der Waals surface area (Å²) in [6.07, 6.45) is 0.802. The molecule has 0 atom stereocenters. The molecule has 1 aliphatic heterocycles. The monoisotopic (exact) mass is 218 g/mol. The van der Waals surface area contributed by atoms with Crippen LogP contribution in [0.5, 0.6) is 0 Å². The van der Waals surface area contributed by atoms with E-state index >= 15 is 0 Å². The number of carbonyl (C=O) groups is 1. The molecule has 1 saturated heterocycles. The molecule has 0 radical (unpaired) electrons. The van der Waals surface area contributed by atoms with Crippen molar-refractivity contribution in [3.05, 3.63) is 29.6 Å². The van der Waals surface area contributed by atoms with E-state index in [0.717, 1.165) is 43.5 Å². The first-order valence-corrected chi connectivity index (χ1v) is 5.82. The third-order valence-electron chi connectivity index (χ3n) is 3.26. The fourth-order valence-electron chi connectivity index (χ4n) is 2.04. The van der Waals surface area contributed by atoms with Gasteiger partial charge < -0.3 is 0 Å². The highest BCUT2D eigenvalue weighted by Crippen LogP contribution is 2.24. The third-order valence-corrected chi connectivity index (χ3v) is 3.26. The van der Waals surface area contributed by atoms with Crippen molar-refractivity contribution in [2.45, 2.75) is 20.4 Å². The Labute approximate surface area is 96.5 Å². The first-order valence-electron chi connectivity index (χ1n) is 5.82. The first-order chi connectivity index (χ1) is 7.69. The van der Waals surface area contributed by atoms with E-state index < -0.39 is 0 Å². The van der Waals surface area contributed by atoms with Crippen molar-refractivity contribution in [2.75, 3.05) is 13.1 Å². The number of carbonyl (C=O) groups excluding carboxylic acids is 1. The molecule has 0 unspecified atom stereocenters. The standard InChI is InChI=1S/C13H18N2O/c1-10(2)11-6-15(7-11)8-12-4-3-5-13(9-16)14-12/h3-5,9-11H,6-8H2,1-2H3. The molecule has 0 amide bonds. The number of pyridine rings is 1. The van der Waals surface area contributed by atoms with Gasteiger partial charge in [-0.25, -0.2) is 4.98 Å². The van der Waals surface area contributed by atoms with E-state index in [1.807, 2.05) is 12.1 Å². The zero-order valence-electron chi connectivity index (χ0n) is 9.89. The summed E-state index contributed by atoms with van der Waals surface area (Å²) in [5.41, 5.74) is 1.52. The molecule has 2 rings (SSSR count). The second kappa shape index (κ2) is 4.74. The number of hydrogen-bond acceptors (Lipinski definition) is 3. The number of hydrogen-bond donors (Lipinski definition) is 0. The topological polar surface area (TPSA) is 33.2 Å². The molecular formula is C13H18N2O. The summed E-state index contributed by atoms with van der Waals surface area (Å²) >= 11 is 0. The largest absolute Gasteiger partial charge is 0.297 e. The van der Waals surface area contributed by atoms with E-state index in [2.05, 4.69) is 23.7 Å². The van der Waals surface area contributed by atoms with Crippen molar-refractivity contribution in [3.63, 3.8) is 0 Å². The summed E-state index contributed by atoms with van der Waals surface area (Å²) < 4.78 is 0. The van der Waals surface area contributed by atoms with E-state index in [0.29, 0.717) is 5.69 Å². The lowest BCUT2D eigenvalue weighted by molar-refractivity contribution is 0.0602. The van der Waals surface area contributed by atoms with Gasteiger partial charge in [-0.1, -0.05) is 19.9 Å². The molecule has 86 valence electrons. The molecule has 1 aromatic rings. The molecule has 0 spiro atoms. The Hall–Kier alpha value is -1.22. The number of likely N-dealkylation sites (tertiary alicyclic amines) is 1. The quantitative estimate of drug-likeness (QED) is 0.724. The molecule has 3 nitrogen and oxygen atoms in total. The van der Waals surface area contributed by atoms with Crippen molar-refractivity contribution in [3.8, 4) is 0 Å². The summed E-state index contributed by atoms with van der Waals surface area (Å²) in [6, 6.07) is 5.62. The smallest absolute Gasteiger partial charge is 0.168 e. The lowest BCUT2D eigenvalue weighted by Crippen LogP contribution is -2.48. The predicted octanol–water partition coefficient (Wildman–Crippen LogP) is 1.98. The van der Waals surface area contributed by atoms with Gasteiger partial charge in [-0.2, -0.15) is 0 Å². The van der Waals surface area contributed by atoms with Crippen molar-refractivity contribution in [1.82, 2.24) is 9.88 Å². The zero-order valence-corrected chi connectivity index (χ0v) is 9.89. The van der Waals surface area contributed by atoms with Gasteiger partial charge in [0.25, 0.3) is 0 Å². The van der Waals surface area contributed by atoms with Gasteiger partial charge in [0.05, 0.1) is 5.69 Å². The number of rotatable bonds is 4. The van der Waals surface area contributed by atoms with Gasteiger partial charge in [0.15, 0.2) is 6.29 Å². The van der Waals surface area contributed by atoms with Crippen LogP contribution in [0.15, 0.2) is 18.2 Å². The maximum absolute atomic E-state index is 10.6. The molecule has 0 N–H and O–H groups in total. The average Bonchev–Trinajstić information content (AvgIpc) is 2.22. The Balaban J connectivity index is 1.89. The summed E-state index contributed by atoms with van der Waals surface area (Å²) in [5, 5.41) is 0. The second-order valence-corrected chi connectivity index (χ2v) is 4.87. The van der Waals surface area contributed by atoms with Gasteiger partial charge in [0.2, 0.25) is 0 Å². The molecule has 1 aromatic heterocycles. The van der Waals surface area contributed by atoms with E-state index in [9.17, 15) is 4.79 Å². The minimum atomic E-state index is 0.526. The first kappa shape index (κ1) is 11.3. The Morgan fingerprint density at radius 3 is 2.88 bits per heavy atom. The SMILES string of the molecule is CC(C)C1CN(Cc2cccc(C=O)n2)C1. The maximum atomic E-state index is 10.6. The molecule has 1 fully saturated rings. The lowest BCUT2D eigenvalue weighted by atomic mass is 9.88. The third kappa shape index (κ3) is 2.47. The molecule has 0 bridgehead atoms. The van der Waals surface area contributed by atoms with Crippen LogP contribution < -0.4 is 0 Å². The van der Waals surface area contributed by atoms with Crippen molar-refractivity contribution < 1.29 is 4.79 Å².